The van der Waals surface area contributed by atoms with Crippen LogP contribution in [0.4, 0.5) is 20.2 Å². The van der Waals surface area contributed by atoms with E-state index < -0.39 is 39.6 Å². The number of ether oxygens (including phenoxy) is 1. The fourth-order valence-electron chi connectivity index (χ4n) is 2.58. The van der Waals surface area contributed by atoms with Gasteiger partial charge in [-0.15, -0.1) is 0 Å². The molecule has 0 heterocycles. The zero-order valence-corrected chi connectivity index (χ0v) is 16.8. The van der Waals surface area contributed by atoms with Gasteiger partial charge in [-0.25, -0.2) is 22.0 Å². The molecule has 29 heavy (non-hydrogen) atoms. The molecule has 0 aromatic heterocycles. The average Bonchev–Trinajstić information content (AvgIpc) is 2.64. The molecule has 1 atom stereocenters. The number of nitrogens with one attached hydrogen (secondary N) is 1. The lowest BCUT2D eigenvalue weighted by atomic mass is 10.2. The highest BCUT2D eigenvalue weighted by Gasteiger charge is 2.30. The largest absolute Gasteiger partial charge is 0.462 e. The Morgan fingerprint density at radius 3 is 2.24 bits per heavy atom. The van der Waals surface area contributed by atoms with Gasteiger partial charge in [0, 0.05) is 11.8 Å². The Balaban J connectivity index is 2.23. The van der Waals surface area contributed by atoms with Crippen LogP contribution in [0.3, 0.4) is 0 Å². The van der Waals surface area contributed by atoms with Gasteiger partial charge in [0.05, 0.1) is 24.1 Å². The minimum Gasteiger partial charge on any atom is -0.462 e. The maximum atomic E-state index is 13.6. The lowest BCUT2D eigenvalue weighted by molar-refractivity contribution is -0.116. The second-order valence-electron chi connectivity index (χ2n) is 6.12. The predicted octanol–water partition coefficient (Wildman–Crippen LogP) is 2.93. The van der Waals surface area contributed by atoms with E-state index in [-0.39, 0.29) is 17.9 Å². The summed E-state index contributed by atoms with van der Waals surface area (Å²) in [6.07, 6.45) is 0.853. The van der Waals surface area contributed by atoms with Gasteiger partial charge in [-0.05, 0) is 50.2 Å². The van der Waals surface area contributed by atoms with Crippen molar-refractivity contribution in [2.75, 3.05) is 22.5 Å². The molecule has 0 aliphatic heterocycles. The zero-order valence-electron chi connectivity index (χ0n) is 16.0. The van der Waals surface area contributed by atoms with Crippen molar-refractivity contribution in [2.24, 2.45) is 0 Å². The summed E-state index contributed by atoms with van der Waals surface area (Å²) in [4.78, 5) is 24.2. The van der Waals surface area contributed by atoms with Gasteiger partial charge >= 0.3 is 5.97 Å². The zero-order chi connectivity index (χ0) is 21.8. The number of carbonyl (C=O) groups excluding carboxylic acids is 2. The molecule has 0 radical (unpaired) electrons. The number of amides is 1. The molecule has 0 saturated carbocycles. The third-order valence-corrected chi connectivity index (χ3v) is 5.15. The highest BCUT2D eigenvalue weighted by atomic mass is 32.2. The molecule has 7 nitrogen and oxygen atoms in total. The molecule has 0 bridgehead atoms. The number of hydrogen-bond donors (Lipinski definition) is 1. The second kappa shape index (κ2) is 8.99. The first-order chi connectivity index (χ1) is 13.5. The van der Waals surface area contributed by atoms with Gasteiger partial charge in [0.1, 0.15) is 6.04 Å². The maximum Gasteiger partial charge on any atom is 0.338 e. The van der Waals surface area contributed by atoms with Crippen LogP contribution in [0.5, 0.6) is 0 Å². The minimum absolute atomic E-state index is 0.188. The SMILES string of the molecule is CCOC(=O)c1ccc(NC(=O)[C@H](C)N(c2ccc(F)c(F)c2)S(C)(=O)=O)cc1. The van der Waals surface area contributed by atoms with Crippen LogP contribution in [0.15, 0.2) is 42.5 Å². The van der Waals surface area contributed by atoms with E-state index in [0.29, 0.717) is 16.1 Å². The Morgan fingerprint density at radius 2 is 1.72 bits per heavy atom. The summed E-state index contributed by atoms with van der Waals surface area (Å²) in [6.45, 7) is 3.21. The van der Waals surface area contributed by atoms with Gasteiger partial charge in [-0.2, -0.15) is 0 Å². The number of carbonyl (C=O) groups is 2. The number of esters is 1. The Bertz CT molecular complexity index is 1010. The Labute approximate surface area is 167 Å². The molecule has 2 rings (SSSR count). The summed E-state index contributed by atoms with van der Waals surface area (Å²) in [5.74, 6) is -3.59. The number of halogens is 2. The first-order valence-corrected chi connectivity index (χ1v) is 10.4. The summed E-state index contributed by atoms with van der Waals surface area (Å²) in [6, 6.07) is 7.09. The molecule has 2 aromatic rings. The molecule has 2 aromatic carbocycles. The summed E-state index contributed by atoms with van der Waals surface area (Å²) in [5.41, 5.74) is 0.415. The summed E-state index contributed by atoms with van der Waals surface area (Å²) in [5, 5.41) is 2.52. The Hall–Kier alpha value is -3.01. The van der Waals surface area contributed by atoms with Crippen LogP contribution in [0.25, 0.3) is 0 Å². The molecule has 156 valence electrons. The molecule has 10 heteroatoms. The molecule has 0 aliphatic rings. The van der Waals surface area contributed by atoms with Crippen molar-refractivity contribution >= 4 is 33.3 Å². The Kier molecular flexibility index (Phi) is 6.91. The predicted molar refractivity (Wildman–Crippen MR) is 104 cm³/mol. The van der Waals surface area contributed by atoms with Crippen molar-refractivity contribution in [3.05, 3.63) is 59.7 Å². The van der Waals surface area contributed by atoms with Crippen molar-refractivity contribution in [1.82, 2.24) is 0 Å². The van der Waals surface area contributed by atoms with Crippen molar-refractivity contribution < 1.29 is 31.5 Å². The lowest BCUT2D eigenvalue weighted by Crippen LogP contribution is -2.45. The number of nitrogens with zero attached hydrogens (tertiary/aromatic N) is 1. The third kappa shape index (κ3) is 5.50. The van der Waals surface area contributed by atoms with E-state index in [1.807, 2.05) is 0 Å². The highest BCUT2D eigenvalue weighted by Crippen LogP contribution is 2.24. The highest BCUT2D eigenvalue weighted by molar-refractivity contribution is 7.92. The van der Waals surface area contributed by atoms with Crippen molar-refractivity contribution in [1.29, 1.82) is 0 Å². The lowest BCUT2D eigenvalue weighted by Gasteiger charge is -2.28. The summed E-state index contributed by atoms with van der Waals surface area (Å²) < 4.78 is 56.7. The fourth-order valence-corrected chi connectivity index (χ4v) is 3.75. The van der Waals surface area contributed by atoms with Gasteiger partial charge < -0.3 is 10.1 Å². The van der Waals surface area contributed by atoms with Crippen LogP contribution in [0.2, 0.25) is 0 Å². The van der Waals surface area contributed by atoms with Crippen LogP contribution in [0.1, 0.15) is 24.2 Å². The number of rotatable bonds is 7. The first-order valence-electron chi connectivity index (χ1n) is 8.57. The van der Waals surface area contributed by atoms with Crippen molar-refractivity contribution in [2.45, 2.75) is 19.9 Å². The average molecular weight is 426 g/mol. The van der Waals surface area contributed by atoms with Crippen LogP contribution in [-0.4, -0.2) is 39.2 Å². The molecular weight excluding hydrogens is 406 g/mol. The molecule has 0 spiro atoms. The van der Waals surface area contributed by atoms with E-state index in [1.165, 1.54) is 31.2 Å². The standard InChI is InChI=1S/C19H20F2N2O5S/c1-4-28-19(25)13-5-7-14(8-6-13)22-18(24)12(2)23(29(3,26)27)15-9-10-16(20)17(21)11-15/h5-12H,4H2,1-3H3,(H,22,24)/t12-/m0/s1. The van der Waals surface area contributed by atoms with E-state index in [2.05, 4.69) is 5.32 Å². The van der Waals surface area contributed by atoms with Gasteiger partial charge in [0.2, 0.25) is 15.9 Å². The van der Waals surface area contributed by atoms with Gasteiger partial charge in [0.15, 0.2) is 11.6 Å². The maximum absolute atomic E-state index is 13.6. The van der Waals surface area contributed by atoms with E-state index in [9.17, 15) is 26.8 Å². The minimum atomic E-state index is -3.99. The van der Waals surface area contributed by atoms with E-state index >= 15 is 0 Å². The molecule has 1 amide bonds. The quantitative estimate of drug-likeness (QED) is 0.688. The van der Waals surface area contributed by atoms with Crippen molar-refractivity contribution in [3.63, 3.8) is 0 Å². The second-order valence-corrected chi connectivity index (χ2v) is 7.98. The molecule has 0 unspecified atom stereocenters. The topological polar surface area (TPSA) is 92.8 Å². The molecular formula is C19H20F2N2O5S. The van der Waals surface area contributed by atoms with Crippen LogP contribution >= 0.6 is 0 Å². The molecule has 1 N–H and O–H groups in total. The molecule has 0 saturated heterocycles. The third-order valence-electron chi connectivity index (χ3n) is 3.91. The van der Waals surface area contributed by atoms with Gasteiger partial charge in [-0.3, -0.25) is 9.10 Å². The molecule has 0 fully saturated rings. The molecule has 0 aliphatic carbocycles. The van der Waals surface area contributed by atoms with Crippen LogP contribution < -0.4 is 9.62 Å². The van der Waals surface area contributed by atoms with Gasteiger partial charge in [0.25, 0.3) is 0 Å². The summed E-state index contributed by atoms with van der Waals surface area (Å²) >= 11 is 0. The van der Waals surface area contributed by atoms with Crippen LogP contribution in [-0.2, 0) is 19.6 Å². The normalized spacial score (nSPS) is 12.2. The van der Waals surface area contributed by atoms with E-state index in [1.54, 1.807) is 6.92 Å². The number of hydrogen-bond acceptors (Lipinski definition) is 5. The van der Waals surface area contributed by atoms with E-state index in [4.69, 9.17) is 4.74 Å². The van der Waals surface area contributed by atoms with Crippen LogP contribution in [0, 0.1) is 11.6 Å². The first kappa shape index (κ1) is 22.3. The number of anilines is 2. The van der Waals surface area contributed by atoms with Gasteiger partial charge in [-0.1, -0.05) is 0 Å². The fraction of sp³-hybridized carbons (Fsp3) is 0.263. The smallest absolute Gasteiger partial charge is 0.338 e. The monoisotopic (exact) mass is 426 g/mol. The summed E-state index contributed by atoms with van der Waals surface area (Å²) in [7, 11) is -3.99. The van der Waals surface area contributed by atoms with Crippen molar-refractivity contribution in [3.8, 4) is 0 Å². The number of sulfonamides is 1. The Morgan fingerprint density at radius 1 is 1.10 bits per heavy atom. The number of benzene rings is 2. The van der Waals surface area contributed by atoms with E-state index in [0.717, 1.165) is 18.4 Å².